The third kappa shape index (κ3) is 7.31. The summed E-state index contributed by atoms with van der Waals surface area (Å²) in [5.74, 6) is 3.08. The first-order chi connectivity index (χ1) is 14.6. The first-order valence-electron chi connectivity index (χ1n) is 10.9. The summed E-state index contributed by atoms with van der Waals surface area (Å²) in [7, 11) is 1.62. The highest BCUT2D eigenvalue weighted by Crippen LogP contribution is 2.29. The number of hydrogen-bond donors (Lipinski definition) is 1. The fourth-order valence-electron chi connectivity index (χ4n) is 3.84. The van der Waals surface area contributed by atoms with E-state index < -0.39 is 0 Å². The Morgan fingerprint density at radius 3 is 2.74 bits per heavy atom. The smallest absolute Gasteiger partial charge is 0.244 e. The summed E-state index contributed by atoms with van der Waals surface area (Å²) in [6, 6.07) is 5.99. The Morgan fingerprint density at radius 2 is 2.03 bits per heavy atom. The van der Waals surface area contributed by atoms with Crippen LogP contribution in [0.5, 0.6) is 11.5 Å². The average molecular weight is 448 g/mol. The molecule has 1 amide bonds. The van der Waals surface area contributed by atoms with E-state index in [2.05, 4.69) is 28.7 Å². The van der Waals surface area contributed by atoms with Crippen molar-refractivity contribution in [1.82, 2.24) is 14.9 Å². The van der Waals surface area contributed by atoms with Gasteiger partial charge in [-0.25, -0.2) is 4.98 Å². The summed E-state index contributed by atoms with van der Waals surface area (Å²) in [5, 5.41) is 3.11. The molecular formula is C24H34ClN3O3. The van der Waals surface area contributed by atoms with E-state index in [9.17, 15) is 4.79 Å². The van der Waals surface area contributed by atoms with E-state index in [1.54, 1.807) is 13.2 Å². The number of imidazole rings is 1. The van der Waals surface area contributed by atoms with Crippen LogP contribution in [0.2, 0.25) is 0 Å². The van der Waals surface area contributed by atoms with Gasteiger partial charge in [-0.15, -0.1) is 12.4 Å². The molecule has 0 spiro atoms. The molecule has 3 rings (SSSR count). The lowest BCUT2D eigenvalue weighted by Crippen LogP contribution is -2.36. The quantitative estimate of drug-likeness (QED) is 0.567. The van der Waals surface area contributed by atoms with Crippen LogP contribution in [0.15, 0.2) is 36.7 Å². The van der Waals surface area contributed by atoms with Gasteiger partial charge in [0, 0.05) is 37.5 Å². The number of benzene rings is 1. The summed E-state index contributed by atoms with van der Waals surface area (Å²) < 4.78 is 13.5. The highest BCUT2D eigenvalue weighted by Gasteiger charge is 2.18. The Balaban J connectivity index is 0.00000341. The predicted octanol–water partition coefficient (Wildman–Crippen LogP) is 4.66. The SMILES string of the molecule is CCn1ccnc1CCOc1ccc(/C=C/C(=O)NC2CCC(C)CC2)cc1OC.Cl. The van der Waals surface area contributed by atoms with E-state index in [0.29, 0.717) is 24.1 Å². The topological polar surface area (TPSA) is 65.4 Å². The zero-order valence-electron chi connectivity index (χ0n) is 18.7. The Kier molecular flexibility index (Phi) is 9.92. The Hall–Kier alpha value is -2.47. The molecule has 0 radical (unpaired) electrons. The molecule has 6 nitrogen and oxygen atoms in total. The lowest BCUT2D eigenvalue weighted by Gasteiger charge is -2.26. The van der Waals surface area contributed by atoms with Crippen molar-refractivity contribution in [2.24, 2.45) is 5.92 Å². The maximum absolute atomic E-state index is 12.2. The second kappa shape index (κ2) is 12.4. The first kappa shape index (κ1) is 24.8. The molecule has 1 aliphatic carbocycles. The maximum Gasteiger partial charge on any atom is 0.244 e. The highest BCUT2D eigenvalue weighted by molar-refractivity contribution is 5.92. The summed E-state index contributed by atoms with van der Waals surface area (Å²) in [6.07, 6.45) is 12.4. The van der Waals surface area contributed by atoms with Gasteiger partial charge in [-0.1, -0.05) is 13.0 Å². The van der Waals surface area contributed by atoms with Crippen molar-refractivity contribution in [3.63, 3.8) is 0 Å². The van der Waals surface area contributed by atoms with Gasteiger partial charge >= 0.3 is 0 Å². The Labute approximate surface area is 191 Å². The Morgan fingerprint density at radius 1 is 1.26 bits per heavy atom. The summed E-state index contributed by atoms with van der Waals surface area (Å²) in [6.45, 7) is 5.79. The third-order valence-electron chi connectivity index (χ3n) is 5.70. The van der Waals surface area contributed by atoms with Crippen molar-refractivity contribution in [2.45, 2.75) is 58.5 Å². The van der Waals surface area contributed by atoms with E-state index in [-0.39, 0.29) is 18.3 Å². The lowest BCUT2D eigenvalue weighted by molar-refractivity contribution is -0.117. The molecule has 1 fully saturated rings. The highest BCUT2D eigenvalue weighted by atomic mass is 35.5. The number of carbonyl (C=O) groups excluding carboxylic acids is 1. The lowest BCUT2D eigenvalue weighted by atomic mass is 9.87. The molecule has 0 atom stereocenters. The predicted molar refractivity (Wildman–Crippen MR) is 126 cm³/mol. The molecule has 1 N–H and O–H groups in total. The van der Waals surface area contributed by atoms with Crippen molar-refractivity contribution in [1.29, 1.82) is 0 Å². The van der Waals surface area contributed by atoms with Crippen LogP contribution in [-0.2, 0) is 17.8 Å². The number of nitrogens with one attached hydrogen (secondary N) is 1. The van der Waals surface area contributed by atoms with Crippen molar-refractivity contribution < 1.29 is 14.3 Å². The molecule has 1 heterocycles. The van der Waals surface area contributed by atoms with Crippen molar-refractivity contribution >= 4 is 24.4 Å². The minimum Gasteiger partial charge on any atom is -0.493 e. The zero-order valence-corrected chi connectivity index (χ0v) is 19.5. The number of aryl methyl sites for hydroxylation is 1. The van der Waals surface area contributed by atoms with Crippen LogP contribution in [0.4, 0.5) is 0 Å². The van der Waals surface area contributed by atoms with Gasteiger partial charge in [0.2, 0.25) is 5.91 Å². The van der Waals surface area contributed by atoms with E-state index in [0.717, 1.165) is 43.1 Å². The number of aromatic nitrogens is 2. The first-order valence-corrected chi connectivity index (χ1v) is 10.9. The largest absolute Gasteiger partial charge is 0.493 e. The van der Waals surface area contributed by atoms with Crippen LogP contribution in [0.3, 0.4) is 0 Å². The van der Waals surface area contributed by atoms with E-state index in [1.165, 1.54) is 12.8 Å². The molecule has 1 aromatic carbocycles. The number of rotatable bonds is 9. The van der Waals surface area contributed by atoms with Crippen LogP contribution in [0, 0.1) is 5.92 Å². The van der Waals surface area contributed by atoms with Crippen LogP contribution < -0.4 is 14.8 Å². The standard InChI is InChI=1S/C24H33N3O3.ClH/c1-4-27-15-14-25-23(27)13-16-30-21-11-7-19(17-22(21)29-3)8-12-24(28)26-20-9-5-18(2)6-10-20;/h7-8,11-12,14-15,17-18,20H,4-6,9-10,13,16H2,1-3H3,(H,26,28);1H/b12-8+;. The number of ether oxygens (including phenoxy) is 2. The monoisotopic (exact) mass is 447 g/mol. The second-order valence-corrected chi connectivity index (χ2v) is 7.94. The van der Waals surface area contributed by atoms with E-state index in [1.807, 2.05) is 36.7 Å². The van der Waals surface area contributed by atoms with Gasteiger partial charge in [0.05, 0.1) is 13.7 Å². The van der Waals surface area contributed by atoms with Gasteiger partial charge < -0.3 is 19.4 Å². The molecule has 7 heteroatoms. The molecule has 0 saturated heterocycles. The molecule has 0 bridgehead atoms. The number of amides is 1. The van der Waals surface area contributed by atoms with Crippen molar-refractivity contribution in [3.8, 4) is 11.5 Å². The minimum atomic E-state index is -0.0414. The van der Waals surface area contributed by atoms with Crippen LogP contribution in [-0.4, -0.2) is 35.2 Å². The Bertz CT molecular complexity index is 858. The van der Waals surface area contributed by atoms with Gasteiger partial charge in [0.25, 0.3) is 0 Å². The molecule has 170 valence electrons. The van der Waals surface area contributed by atoms with Gasteiger partial charge in [0.1, 0.15) is 5.82 Å². The number of methoxy groups -OCH3 is 1. The van der Waals surface area contributed by atoms with Crippen molar-refractivity contribution in [2.75, 3.05) is 13.7 Å². The minimum absolute atomic E-state index is 0. The summed E-state index contributed by atoms with van der Waals surface area (Å²) >= 11 is 0. The number of carbonyl (C=O) groups is 1. The number of halogens is 1. The van der Waals surface area contributed by atoms with Crippen LogP contribution in [0.25, 0.3) is 6.08 Å². The van der Waals surface area contributed by atoms with Crippen molar-refractivity contribution in [3.05, 3.63) is 48.1 Å². The number of nitrogens with zero attached hydrogens (tertiary/aromatic N) is 2. The maximum atomic E-state index is 12.2. The van der Waals surface area contributed by atoms with Gasteiger partial charge in [-0.3, -0.25) is 4.79 Å². The molecule has 0 aliphatic heterocycles. The molecule has 1 aliphatic rings. The van der Waals surface area contributed by atoms with Gasteiger partial charge in [-0.2, -0.15) is 0 Å². The van der Waals surface area contributed by atoms with Gasteiger partial charge in [0.15, 0.2) is 11.5 Å². The molecular weight excluding hydrogens is 414 g/mol. The third-order valence-corrected chi connectivity index (χ3v) is 5.70. The molecule has 0 unspecified atom stereocenters. The molecule has 2 aromatic rings. The normalized spacial score (nSPS) is 18.4. The fraction of sp³-hybridized carbons (Fsp3) is 0.500. The van der Waals surface area contributed by atoms with Gasteiger partial charge in [-0.05, 0) is 62.3 Å². The van der Waals surface area contributed by atoms with E-state index in [4.69, 9.17) is 9.47 Å². The second-order valence-electron chi connectivity index (χ2n) is 7.94. The van der Waals surface area contributed by atoms with E-state index >= 15 is 0 Å². The summed E-state index contributed by atoms with van der Waals surface area (Å²) in [4.78, 5) is 16.6. The average Bonchev–Trinajstić information content (AvgIpc) is 3.22. The fourth-order valence-corrected chi connectivity index (χ4v) is 3.84. The molecule has 1 saturated carbocycles. The molecule has 31 heavy (non-hydrogen) atoms. The zero-order chi connectivity index (χ0) is 21.3. The number of hydrogen-bond acceptors (Lipinski definition) is 4. The van der Waals surface area contributed by atoms with Crippen LogP contribution in [0.1, 0.15) is 50.9 Å². The van der Waals surface area contributed by atoms with Crippen LogP contribution >= 0.6 is 12.4 Å². The summed E-state index contributed by atoms with van der Waals surface area (Å²) in [5.41, 5.74) is 0.896. The molecule has 1 aromatic heterocycles.